The number of carbonyl (C=O) groups is 4. The summed E-state index contributed by atoms with van der Waals surface area (Å²) >= 11 is 0. The summed E-state index contributed by atoms with van der Waals surface area (Å²) in [6.07, 6.45) is 0.513. The number of aromatic carboxylic acids is 1. The Morgan fingerprint density at radius 2 is 1.66 bits per heavy atom. The van der Waals surface area contributed by atoms with Crippen molar-refractivity contribution in [3.63, 3.8) is 0 Å². The van der Waals surface area contributed by atoms with Crippen LogP contribution in [0.1, 0.15) is 58.0 Å². The molecule has 0 atom stereocenters. The molecule has 0 aliphatic carbocycles. The minimum Gasteiger partial charge on any atom is -0.481 e. The summed E-state index contributed by atoms with van der Waals surface area (Å²) in [7, 11) is 0. The van der Waals surface area contributed by atoms with Gasteiger partial charge in [-0.3, -0.25) is 14.4 Å². The zero-order valence-corrected chi connectivity index (χ0v) is 15.9. The molecule has 2 aromatic carbocycles. The van der Waals surface area contributed by atoms with E-state index in [1.165, 1.54) is 18.2 Å². The first-order valence-corrected chi connectivity index (χ1v) is 9.06. The largest absolute Gasteiger partial charge is 0.481 e. The predicted molar refractivity (Wildman–Crippen MR) is 107 cm³/mol. The highest BCUT2D eigenvalue weighted by Gasteiger charge is 2.24. The molecule has 1 amide bonds. The molecule has 0 fully saturated rings. The third-order valence-electron chi connectivity index (χ3n) is 4.41. The van der Waals surface area contributed by atoms with Crippen molar-refractivity contribution in [3.8, 4) is 0 Å². The van der Waals surface area contributed by atoms with Crippen LogP contribution < -0.4 is 11.1 Å². The number of para-hydroxylation sites is 1. The number of aliphatic carboxylic acids is 1. The first-order chi connectivity index (χ1) is 13.8. The highest BCUT2D eigenvalue weighted by Crippen LogP contribution is 2.28. The highest BCUT2D eigenvalue weighted by atomic mass is 16.4. The molecule has 2 aromatic rings. The Labute approximate surface area is 167 Å². The molecule has 0 saturated heterocycles. The first kappa shape index (κ1) is 21.6. The van der Waals surface area contributed by atoms with Gasteiger partial charge in [-0.1, -0.05) is 25.1 Å². The molecular formula is C21H22N2O6. The maximum atomic E-state index is 13.2. The fourth-order valence-corrected chi connectivity index (χ4v) is 2.93. The highest BCUT2D eigenvalue weighted by molar-refractivity contribution is 6.20. The average molecular weight is 398 g/mol. The van der Waals surface area contributed by atoms with E-state index in [1.54, 1.807) is 18.2 Å². The van der Waals surface area contributed by atoms with Gasteiger partial charge in [0.05, 0.1) is 16.8 Å². The van der Waals surface area contributed by atoms with E-state index in [2.05, 4.69) is 5.32 Å². The van der Waals surface area contributed by atoms with Crippen LogP contribution in [0.4, 0.5) is 11.4 Å². The number of ketones is 1. The first-order valence-electron chi connectivity index (χ1n) is 9.06. The van der Waals surface area contributed by atoms with Crippen molar-refractivity contribution < 1.29 is 29.4 Å². The van der Waals surface area contributed by atoms with Crippen molar-refractivity contribution in [3.05, 3.63) is 58.7 Å². The zero-order valence-electron chi connectivity index (χ0n) is 15.9. The molecule has 0 heterocycles. The Balaban J connectivity index is 2.39. The fraction of sp³-hybridized carbons (Fsp3) is 0.238. The molecular weight excluding hydrogens is 376 g/mol. The zero-order chi connectivity index (χ0) is 21.6. The van der Waals surface area contributed by atoms with Crippen molar-refractivity contribution in [2.24, 2.45) is 0 Å². The van der Waals surface area contributed by atoms with E-state index < -0.39 is 23.6 Å². The molecule has 152 valence electrons. The van der Waals surface area contributed by atoms with Crippen LogP contribution in [0.5, 0.6) is 0 Å². The lowest BCUT2D eigenvalue weighted by atomic mass is 9.92. The van der Waals surface area contributed by atoms with Crippen molar-refractivity contribution in [2.75, 3.05) is 11.1 Å². The van der Waals surface area contributed by atoms with Gasteiger partial charge in [0, 0.05) is 24.1 Å². The molecule has 0 unspecified atom stereocenters. The van der Waals surface area contributed by atoms with E-state index >= 15 is 0 Å². The van der Waals surface area contributed by atoms with E-state index in [-0.39, 0.29) is 47.3 Å². The lowest BCUT2D eigenvalue weighted by Gasteiger charge is -2.15. The van der Waals surface area contributed by atoms with Gasteiger partial charge in [-0.05, 0) is 36.6 Å². The number of carboxylic acids is 2. The van der Waals surface area contributed by atoms with E-state index in [0.29, 0.717) is 12.0 Å². The van der Waals surface area contributed by atoms with E-state index in [9.17, 15) is 24.3 Å². The predicted octanol–water partition coefficient (Wildman–Crippen LogP) is 2.95. The lowest BCUT2D eigenvalue weighted by Crippen LogP contribution is -2.18. The number of anilines is 2. The Morgan fingerprint density at radius 3 is 2.28 bits per heavy atom. The Hall–Kier alpha value is -3.68. The Bertz CT molecular complexity index is 968. The summed E-state index contributed by atoms with van der Waals surface area (Å²) in [5, 5.41) is 20.7. The van der Waals surface area contributed by atoms with Crippen LogP contribution >= 0.6 is 0 Å². The van der Waals surface area contributed by atoms with Gasteiger partial charge in [-0.15, -0.1) is 0 Å². The second-order valence-corrected chi connectivity index (χ2v) is 6.39. The van der Waals surface area contributed by atoms with Crippen LogP contribution in [0.3, 0.4) is 0 Å². The smallest absolute Gasteiger partial charge is 0.336 e. The molecule has 2 rings (SSSR count). The third-order valence-corrected chi connectivity index (χ3v) is 4.41. The number of carbonyl (C=O) groups excluding carboxylic acids is 2. The monoisotopic (exact) mass is 398 g/mol. The topological polar surface area (TPSA) is 147 Å². The van der Waals surface area contributed by atoms with Crippen LogP contribution in [-0.2, 0) is 16.0 Å². The third kappa shape index (κ3) is 5.19. The quantitative estimate of drug-likeness (QED) is 0.375. The molecule has 0 aromatic heterocycles. The number of rotatable bonds is 9. The molecule has 0 saturated carbocycles. The SMILES string of the molecule is CCc1ccc(C(=O)O)c(C(=O)c2ccccc2NC(=O)CCCC(=O)O)c1N. The number of carboxylic acid groups (broad SMARTS) is 2. The molecule has 0 spiro atoms. The minimum atomic E-state index is -1.28. The number of nitrogens with one attached hydrogen (secondary N) is 1. The molecule has 0 aliphatic rings. The van der Waals surface area contributed by atoms with E-state index in [1.807, 2.05) is 6.92 Å². The van der Waals surface area contributed by atoms with E-state index in [0.717, 1.165) is 0 Å². The van der Waals surface area contributed by atoms with Gasteiger partial charge in [0.15, 0.2) is 5.78 Å². The van der Waals surface area contributed by atoms with Crippen LogP contribution in [0.2, 0.25) is 0 Å². The second kappa shape index (κ2) is 9.50. The average Bonchev–Trinajstić information content (AvgIpc) is 2.67. The summed E-state index contributed by atoms with van der Waals surface area (Å²) in [5.74, 6) is -3.34. The fourth-order valence-electron chi connectivity index (χ4n) is 2.93. The Kier molecular flexibility index (Phi) is 7.08. The molecule has 8 heteroatoms. The van der Waals surface area contributed by atoms with Crippen molar-refractivity contribution in [1.82, 2.24) is 0 Å². The van der Waals surface area contributed by atoms with Crippen molar-refractivity contribution in [2.45, 2.75) is 32.6 Å². The van der Waals surface area contributed by atoms with Crippen LogP contribution in [0.15, 0.2) is 36.4 Å². The summed E-state index contributed by atoms with van der Waals surface area (Å²) in [6.45, 7) is 1.84. The molecule has 0 radical (unpaired) electrons. The van der Waals surface area contributed by atoms with Crippen molar-refractivity contribution >= 4 is 35.0 Å². The molecule has 0 bridgehead atoms. The van der Waals surface area contributed by atoms with Gasteiger partial charge in [0.25, 0.3) is 0 Å². The number of nitrogens with two attached hydrogens (primary N) is 1. The maximum absolute atomic E-state index is 13.2. The molecule has 29 heavy (non-hydrogen) atoms. The van der Waals surface area contributed by atoms with Crippen LogP contribution in [0.25, 0.3) is 0 Å². The van der Waals surface area contributed by atoms with E-state index in [4.69, 9.17) is 10.8 Å². The number of hydrogen-bond donors (Lipinski definition) is 4. The number of amides is 1. The van der Waals surface area contributed by atoms with Crippen molar-refractivity contribution in [1.29, 1.82) is 0 Å². The molecule has 0 aliphatic heterocycles. The summed E-state index contributed by atoms with van der Waals surface area (Å²) in [5.41, 5.74) is 6.80. The summed E-state index contributed by atoms with van der Waals surface area (Å²) < 4.78 is 0. The van der Waals surface area contributed by atoms with Crippen LogP contribution in [0, 0.1) is 0 Å². The van der Waals surface area contributed by atoms with Gasteiger partial charge in [-0.2, -0.15) is 0 Å². The number of hydrogen-bond acceptors (Lipinski definition) is 5. The van der Waals surface area contributed by atoms with Gasteiger partial charge >= 0.3 is 11.9 Å². The summed E-state index contributed by atoms with van der Waals surface area (Å²) in [4.78, 5) is 47.5. The number of nitrogen functional groups attached to an aromatic ring is 1. The number of benzene rings is 2. The molecule has 8 nitrogen and oxygen atoms in total. The lowest BCUT2D eigenvalue weighted by molar-refractivity contribution is -0.137. The normalized spacial score (nSPS) is 10.4. The maximum Gasteiger partial charge on any atom is 0.336 e. The van der Waals surface area contributed by atoms with Gasteiger partial charge < -0.3 is 21.3 Å². The standard InChI is InChI=1S/C21H22N2O6/c1-2-12-10-11-14(21(28)29)18(19(12)22)20(27)13-6-3-4-7-15(13)23-16(24)8-5-9-17(25)26/h3-4,6-7,10-11H,2,5,8-9,22H2,1H3,(H,23,24)(H,25,26)(H,28,29). The molecule has 5 N–H and O–H groups in total. The number of aryl methyl sites for hydroxylation is 1. The van der Waals surface area contributed by atoms with Crippen LogP contribution in [-0.4, -0.2) is 33.8 Å². The van der Waals surface area contributed by atoms with Gasteiger partial charge in [-0.25, -0.2) is 4.79 Å². The second-order valence-electron chi connectivity index (χ2n) is 6.39. The Morgan fingerprint density at radius 1 is 0.966 bits per heavy atom. The van der Waals surface area contributed by atoms with Gasteiger partial charge in [0.1, 0.15) is 0 Å². The summed E-state index contributed by atoms with van der Waals surface area (Å²) in [6, 6.07) is 9.12. The minimum absolute atomic E-state index is 0.0251. The van der Waals surface area contributed by atoms with Gasteiger partial charge in [0.2, 0.25) is 5.91 Å².